The predicted octanol–water partition coefficient (Wildman–Crippen LogP) is 5.91. The molecule has 3 N–H and O–H groups in total. The minimum atomic E-state index is -0.205. The zero-order valence-electron chi connectivity index (χ0n) is 20.4. The van der Waals surface area contributed by atoms with Gasteiger partial charge < -0.3 is 11.1 Å². The number of likely N-dealkylation sites (tertiary alicyclic amines) is 1. The largest absolute Gasteiger partial charge is 0.383 e. The predicted molar refractivity (Wildman–Crippen MR) is 160 cm³/mol. The molecule has 1 saturated carbocycles. The molecule has 2 amide bonds. The van der Waals surface area contributed by atoms with Gasteiger partial charge >= 0.3 is 0 Å². The number of aromatic nitrogens is 2. The molecule has 1 saturated heterocycles. The normalized spacial score (nSPS) is 18.8. The highest BCUT2D eigenvalue weighted by Gasteiger charge is 2.72. The lowest BCUT2D eigenvalue weighted by Crippen LogP contribution is -2.35. The molecule has 2 unspecified atom stereocenters. The van der Waals surface area contributed by atoms with Crippen LogP contribution in [0.4, 0.5) is 5.69 Å². The summed E-state index contributed by atoms with van der Waals surface area (Å²) >= 11 is 7.86. The number of hydrogen-bond donors (Lipinski definition) is 2. The molecule has 2 aliphatic rings. The van der Waals surface area contributed by atoms with Crippen molar-refractivity contribution in [2.75, 3.05) is 18.4 Å². The van der Waals surface area contributed by atoms with Crippen molar-refractivity contribution in [1.29, 1.82) is 0 Å². The number of imide groups is 1. The molecular formula is C24H30Cl5N5O2S. The second kappa shape index (κ2) is 12.6. The first kappa shape index (κ1) is 33.6. The molecule has 13 heteroatoms. The Balaban J connectivity index is 0.00000171. The van der Waals surface area contributed by atoms with E-state index in [1.807, 2.05) is 39.0 Å². The van der Waals surface area contributed by atoms with Crippen LogP contribution in [0, 0.1) is 24.2 Å². The molecule has 3 aromatic heterocycles. The number of rotatable bonds is 7. The van der Waals surface area contributed by atoms with Crippen LogP contribution in [0.15, 0.2) is 24.4 Å². The Morgan fingerprint density at radius 3 is 2.41 bits per heavy atom. The number of nitrogens with zero attached hydrogens (tertiary/aromatic N) is 3. The van der Waals surface area contributed by atoms with Crippen molar-refractivity contribution >= 4 is 100 Å². The monoisotopic (exact) mass is 627 g/mol. The van der Waals surface area contributed by atoms with Gasteiger partial charge in [-0.1, -0.05) is 25.4 Å². The molecule has 2 fully saturated rings. The lowest BCUT2D eigenvalue weighted by Gasteiger charge is -2.19. The molecule has 0 spiro atoms. The molecule has 7 nitrogen and oxygen atoms in total. The molecule has 204 valence electrons. The lowest BCUT2D eigenvalue weighted by molar-refractivity contribution is -0.143. The minimum Gasteiger partial charge on any atom is -0.383 e. The number of hydrogen-bond acceptors (Lipinski definition) is 7. The Morgan fingerprint density at radius 1 is 1.14 bits per heavy atom. The fourth-order valence-corrected chi connectivity index (χ4v) is 6.30. The Morgan fingerprint density at radius 2 is 1.78 bits per heavy atom. The maximum absolute atomic E-state index is 12.8. The summed E-state index contributed by atoms with van der Waals surface area (Å²) in [5.74, 6) is -0.457. The minimum absolute atomic E-state index is 0. The fourth-order valence-electron chi connectivity index (χ4n) is 4.93. The summed E-state index contributed by atoms with van der Waals surface area (Å²) in [7, 11) is 0. The van der Waals surface area contributed by atoms with Gasteiger partial charge in [-0.05, 0) is 49.1 Å². The summed E-state index contributed by atoms with van der Waals surface area (Å²) in [5, 5.41) is 3.87. The van der Waals surface area contributed by atoms with E-state index in [9.17, 15) is 9.59 Å². The van der Waals surface area contributed by atoms with Crippen LogP contribution in [0.3, 0.4) is 0 Å². The lowest BCUT2D eigenvalue weighted by atomic mass is 10.1. The van der Waals surface area contributed by atoms with Crippen molar-refractivity contribution < 1.29 is 9.59 Å². The van der Waals surface area contributed by atoms with Crippen LogP contribution in [0.5, 0.6) is 0 Å². The van der Waals surface area contributed by atoms with Crippen molar-refractivity contribution in [3.63, 3.8) is 0 Å². The highest BCUT2D eigenvalue weighted by Crippen LogP contribution is 2.63. The number of nitrogens with two attached hydrogens (primary N) is 1. The van der Waals surface area contributed by atoms with Gasteiger partial charge in [0.05, 0.1) is 40.0 Å². The molecule has 1 aliphatic carbocycles. The summed E-state index contributed by atoms with van der Waals surface area (Å²) < 4.78 is 0.952. The second-order valence-electron chi connectivity index (χ2n) is 9.38. The van der Waals surface area contributed by atoms with Gasteiger partial charge in [0.25, 0.3) is 0 Å². The van der Waals surface area contributed by atoms with Crippen LogP contribution >= 0.6 is 72.6 Å². The van der Waals surface area contributed by atoms with Gasteiger partial charge in [-0.2, -0.15) is 0 Å². The van der Waals surface area contributed by atoms with Gasteiger partial charge in [0, 0.05) is 23.2 Å². The number of piperidine rings is 1. The molecule has 0 bridgehead atoms. The Bertz CT molecular complexity index is 1280. The van der Waals surface area contributed by atoms with E-state index in [1.54, 1.807) is 6.20 Å². The summed E-state index contributed by atoms with van der Waals surface area (Å²) in [6.07, 6.45) is 2.59. The van der Waals surface area contributed by atoms with E-state index in [2.05, 4.69) is 15.3 Å². The van der Waals surface area contributed by atoms with Crippen molar-refractivity contribution in [2.24, 2.45) is 23.0 Å². The van der Waals surface area contributed by atoms with Gasteiger partial charge in [0.15, 0.2) is 0 Å². The van der Waals surface area contributed by atoms with Crippen LogP contribution < -0.4 is 11.1 Å². The van der Waals surface area contributed by atoms with Gasteiger partial charge in [-0.25, -0.2) is 4.98 Å². The molecule has 5 rings (SSSR count). The van der Waals surface area contributed by atoms with E-state index in [0.717, 1.165) is 50.6 Å². The molecule has 37 heavy (non-hydrogen) atoms. The first-order valence-electron chi connectivity index (χ1n) is 11.1. The zero-order valence-corrected chi connectivity index (χ0v) is 25.3. The van der Waals surface area contributed by atoms with E-state index in [1.165, 1.54) is 16.2 Å². The molecule has 1 aliphatic heterocycles. The summed E-state index contributed by atoms with van der Waals surface area (Å²) in [6.45, 7) is 7.59. The number of thiophene rings is 1. The quantitative estimate of drug-likeness (QED) is 0.192. The van der Waals surface area contributed by atoms with Crippen LogP contribution in [-0.4, -0.2) is 39.8 Å². The highest BCUT2D eigenvalue weighted by atomic mass is 35.5. The van der Waals surface area contributed by atoms with Gasteiger partial charge in [-0.15, -0.1) is 61.0 Å². The third-order valence-corrected chi connectivity index (χ3v) is 8.13. The van der Waals surface area contributed by atoms with E-state index in [4.69, 9.17) is 17.3 Å². The van der Waals surface area contributed by atoms with Crippen molar-refractivity contribution in [2.45, 2.75) is 33.7 Å². The topological polar surface area (TPSA) is 101 Å². The number of carbonyl (C=O) groups is 2. The summed E-state index contributed by atoms with van der Waals surface area (Å²) in [6, 6.07) is 5.72. The number of aryl methyl sites for hydroxylation is 1. The van der Waals surface area contributed by atoms with Crippen molar-refractivity contribution in [3.05, 3.63) is 40.0 Å². The van der Waals surface area contributed by atoms with E-state index >= 15 is 0 Å². The van der Waals surface area contributed by atoms with Crippen LogP contribution in [0.2, 0.25) is 5.15 Å². The number of fused-ring (bicyclic) bond motifs is 2. The number of amides is 2. The van der Waals surface area contributed by atoms with Gasteiger partial charge in [-0.3, -0.25) is 19.5 Å². The van der Waals surface area contributed by atoms with Crippen molar-refractivity contribution in [1.82, 2.24) is 14.9 Å². The van der Waals surface area contributed by atoms with Crippen molar-refractivity contribution in [3.8, 4) is 11.3 Å². The highest BCUT2D eigenvalue weighted by molar-refractivity contribution is 7.19. The molecule has 3 aromatic rings. The number of carbonyl (C=O) groups excluding carboxylic acids is 2. The molecule has 0 radical (unpaired) electrons. The Kier molecular flexibility index (Phi) is 11.5. The van der Waals surface area contributed by atoms with E-state index < -0.39 is 0 Å². The van der Waals surface area contributed by atoms with Crippen LogP contribution in [0.1, 0.15) is 30.7 Å². The molecule has 4 heterocycles. The molecule has 2 atom stereocenters. The number of pyridine rings is 2. The van der Waals surface area contributed by atoms with Gasteiger partial charge in [0.2, 0.25) is 11.8 Å². The maximum Gasteiger partial charge on any atom is 0.234 e. The van der Waals surface area contributed by atoms with Crippen LogP contribution in [-0.2, 0) is 16.1 Å². The first-order chi connectivity index (χ1) is 15.7. The van der Waals surface area contributed by atoms with E-state index in [0.29, 0.717) is 11.7 Å². The standard InChI is InChI=1S/C24H26ClN5O2S.4ClH/c1-12-9-16(25)29-20(19(12)28-7-4-6-26)14-5-8-27-15-10-13(33-21(14)15)11-30-22(31)17-18(23(30)32)24(17,2)3;;;;/h5,8-10,17-18,28H,4,6-7,11,26H2,1-3H3;4*1H. The SMILES string of the molecule is Cc1cc(Cl)nc(-c2ccnc3cc(CN4C(=O)C5C(C4=O)C5(C)C)sc23)c1NCCCN.Cl.Cl.Cl.Cl. The van der Waals surface area contributed by atoms with Gasteiger partial charge in [0.1, 0.15) is 5.15 Å². The first-order valence-corrected chi connectivity index (χ1v) is 12.3. The third kappa shape index (κ3) is 5.81. The molecule has 0 aromatic carbocycles. The number of halogens is 5. The Labute approximate surface area is 250 Å². The number of nitrogens with one attached hydrogen (secondary N) is 1. The summed E-state index contributed by atoms with van der Waals surface area (Å²) in [4.78, 5) is 37.0. The fraction of sp³-hybridized carbons (Fsp3) is 0.417. The second-order valence-corrected chi connectivity index (χ2v) is 10.9. The zero-order chi connectivity index (χ0) is 23.5. The average Bonchev–Trinajstić information content (AvgIpc) is 3.02. The third-order valence-electron chi connectivity index (χ3n) is 6.79. The smallest absolute Gasteiger partial charge is 0.234 e. The summed E-state index contributed by atoms with van der Waals surface area (Å²) in [5.41, 5.74) is 9.86. The number of anilines is 1. The maximum atomic E-state index is 12.8. The average molecular weight is 630 g/mol. The Hall–Kier alpha value is -1.39. The van der Waals surface area contributed by atoms with E-state index in [-0.39, 0.29) is 85.2 Å². The van der Waals surface area contributed by atoms with Crippen LogP contribution in [0.25, 0.3) is 21.5 Å². The molecular weight excluding hydrogens is 600 g/mol.